The van der Waals surface area contributed by atoms with E-state index in [1.165, 1.54) is 11.3 Å². The van der Waals surface area contributed by atoms with Crippen LogP contribution in [-0.2, 0) is 6.54 Å². The van der Waals surface area contributed by atoms with Gasteiger partial charge in [0.05, 0.1) is 4.92 Å². The number of nitrogens with one attached hydrogen (secondary N) is 1. The van der Waals surface area contributed by atoms with Crippen molar-refractivity contribution in [1.29, 1.82) is 0 Å². The van der Waals surface area contributed by atoms with Crippen molar-refractivity contribution in [2.24, 2.45) is 5.92 Å². The van der Waals surface area contributed by atoms with Crippen molar-refractivity contribution in [1.82, 2.24) is 5.32 Å². The maximum atomic E-state index is 10.5. The molecule has 4 nitrogen and oxygen atoms in total. The lowest BCUT2D eigenvalue weighted by atomic mass is 10.1. The van der Waals surface area contributed by atoms with E-state index < -0.39 is 0 Å². The number of hydrogen-bond donors (Lipinski definition) is 1. The van der Waals surface area contributed by atoms with Crippen LogP contribution in [-0.4, -0.2) is 11.0 Å². The Labute approximate surface area is 99.8 Å². The summed E-state index contributed by atoms with van der Waals surface area (Å²) in [4.78, 5) is 10.2. The highest BCUT2D eigenvalue weighted by Crippen LogP contribution is 2.22. The molecule has 0 spiro atoms. The molecule has 0 radical (unpaired) electrons. The molecule has 1 rings (SSSR count). The van der Waals surface area contributed by atoms with Crippen molar-refractivity contribution in [2.45, 2.75) is 39.8 Å². The fraction of sp³-hybridized carbons (Fsp3) is 0.636. The Bertz CT molecular complexity index is 350. The van der Waals surface area contributed by atoms with Crippen LogP contribution in [0.1, 0.15) is 32.8 Å². The fourth-order valence-electron chi connectivity index (χ4n) is 1.63. The summed E-state index contributed by atoms with van der Waals surface area (Å²) in [5.41, 5.74) is 0.993. The molecule has 1 N–H and O–H groups in total. The Hall–Kier alpha value is -0.940. The van der Waals surface area contributed by atoms with E-state index in [4.69, 9.17) is 0 Å². The van der Waals surface area contributed by atoms with Gasteiger partial charge in [-0.1, -0.05) is 25.2 Å². The molecule has 1 heterocycles. The molecule has 0 bridgehead atoms. The summed E-state index contributed by atoms with van der Waals surface area (Å²) < 4.78 is 0. The van der Waals surface area contributed by atoms with Crippen molar-refractivity contribution in [3.05, 3.63) is 27.1 Å². The third kappa shape index (κ3) is 4.28. The highest BCUT2D eigenvalue weighted by molar-refractivity contribution is 7.13. The van der Waals surface area contributed by atoms with Gasteiger partial charge < -0.3 is 5.32 Å². The quantitative estimate of drug-likeness (QED) is 0.615. The number of hydrogen-bond acceptors (Lipinski definition) is 4. The second kappa shape index (κ2) is 5.96. The smallest absolute Gasteiger partial charge is 0.310 e. The van der Waals surface area contributed by atoms with Crippen molar-refractivity contribution >= 4 is 16.3 Å². The minimum Gasteiger partial charge on any atom is -0.310 e. The van der Waals surface area contributed by atoms with Crippen molar-refractivity contribution in [2.75, 3.05) is 0 Å². The second-order valence-corrected chi connectivity index (χ2v) is 5.35. The van der Waals surface area contributed by atoms with E-state index in [1.807, 2.05) is 5.38 Å². The van der Waals surface area contributed by atoms with Gasteiger partial charge in [0.2, 0.25) is 0 Å². The second-order valence-electron chi connectivity index (χ2n) is 4.46. The Kier molecular flexibility index (Phi) is 4.89. The Morgan fingerprint density at radius 2 is 2.19 bits per heavy atom. The van der Waals surface area contributed by atoms with Crippen molar-refractivity contribution in [3.63, 3.8) is 0 Å². The van der Waals surface area contributed by atoms with E-state index in [0.29, 0.717) is 18.5 Å². The van der Waals surface area contributed by atoms with Crippen LogP contribution < -0.4 is 5.32 Å². The van der Waals surface area contributed by atoms with Crippen LogP contribution in [0.5, 0.6) is 0 Å². The topological polar surface area (TPSA) is 55.2 Å². The van der Waals surface area contributed by atoms with Gasteiger partial charge in [-0.3, -0.25) is 10.1 Å². The molecule has 0 aliphatic heterocycles. The normalized spacial score (nSPS) is 13.0. The summed E-state index contributed by atoms with van der Waals surface area (Å²) in [6.45, 7) is 7.22. The molecule has 0 amide bonds. The third-order valence-corrected chi connectivity index (χ3v) is 3.23. The van der Waals surface area contributed by atoms with Crippen molar-refractivity contribution < 1.29 is 4.92 Å². The van der Waals surface area contributed by atoms with Gasteiger partial charge in [0.15, 0.2) is 0 Å². The molecule has 0 saturated heterocycles. The first-order valence-electron chi connectivity index (χ1n) is 5.44. The summed E-state index contributed by atoms with van der Waals surface area (Å²) in [5, 5.41) is 15.9. The van der Waals surface area contributed by atoms with Gasteiger partial charge in [-0.2, -0.15) is 0 Å². The van der Waals surface area contributed by atoms with Crippen LogP contribution in [0.15, 0.2) is 11.4 Å². The summed E-state index contributed by atoms with van der Waals surface area (Å²) in [5.74, 6) is 0.666. The largest absolute Gasteiger partial charge is 0.324 e. The highest BCUT2D eigenvalue weighted by atomic mass is 32.1. The van der Waals surface area contributed by atoms with Gasteiger partial charge in [0.25, 0.3) is 0 Å². The molecule has 1 unspecified atom stereocenters. The molecule has 1 atom stereocenters. The molecule has 1 aromatic rings. The van der Waals surface area contributed by atoms with Gasteiger partial charge in [-0.25, -0.2) is 0 Å². The molecule has 90 valence electrons. The number of nitrogens with zero attached hydrogens (tertiary/aromatic N) is 1. The number of nitro groups is 1. The predicted octanol–water partition coefficient (Wildman–Crippen LogP) is 3.18. The average Bonchev–Trinajstić information content (AvgIpc) is 2.61. The van der Waals surface area contributed by atoms with E-state index in [1.54, 1.807) is 6.07 Å². The van der Waals surface area contributed by atoms with E-state index in [0.717, 1.165) is 12.0 Å². The molecule has 0 saturated carbocycles. The molecule has 0 aromatic carbocycles. The maximum absolute atomic E-state index is 10.5. The molecule has 5 heteroatoms. The van der Waals surface area contributed by atoms with Gasteiger partial charge in [0, 0.05) is 24.0 Å². The molecule has 1 aromatic heterocycles. The van der Waals surface area contributed by atoms with Crippen LogP contribution in [0.4, 0.5) is 5.00 Å². The fourth-order valence-corrected chi connectivity index (χ4v) is 2.36. The monoisotopic (exact) mass is 242 g/mol. The lowest BCUT2D eigenvalue weighted by Gasteiger charge is -2.15. The van der Waals surface area contributed by atoms with Crippen LogP contribution in [0.2, 0.25) is 0 Å². The Morgan fingerprint density at radius 3 is 2.69 bits per heavy atom. The highest BCUT2D eigenvalue weighted by Gasteiger charge is 2.10. The maximum Gasteiger partial charge on any atom is 0.324 e. The molecule has 0 aliphatic carbocycles. The van der Waals surface area contributed by atoms with Gasteiger partial charge >= 0.3 is 5.00 Å². The van der Waals surface area contributed by atoms with Crippen LogP contribution in [0, 0.1) is 16.0 Å². The van der Waals surface area contributed by atoms with Gasteiger partial charge in [-0.05, 0) is 24.8 Å². The summed E-state index contributed by atoms with van der Waals surface area (Å²) >= 11 is 1.18. The zero-order chi connectivity index (χ0) is 12.1. The van der Waals surface area contributed by atoms with E-state index >= 15 is 0 Å². The van der Waals surface area contributed by atoms with Crippen molar-refractivity contribution in [3.8, 4) is 0 Å². The molecule has 0 aliphatic rings. The van der Waals surface area contributed by atoms with E-state index in [-0.39, 0.29) is 9.92 Å². The lowest BCUT2D eigenvalue weighted by molar-refractivity contribution is -0.380. The third-order valence-electron chi connectivity index (χ3n) is 2.30. The summed E-state index contributed by atoms with van der Waals surface area (Å²) in [7, 11) is 0. The van der Waals surface area contributed by atoms with E-state index in [9.17, 15) is 10.1 Å². The first-order chi connectivity index (χ1) is 7.49. The average molecular weight is 242 g/mol. The number of thiophene rings is 1. The first kappa shape index (κ1) is 13.1. The lowest BCUT2D eigenvalue weighted by Crippen LogP contribution is -2.26. The molecule has 16 heavy (non-hydrogen) atoms. The van der Waals surface area contributed by atoms with Crippen LogP contribution in [0.3, 0.4) is 0 Å². The zero-order valence-electron chi connectivity index (χ0n) is 9.90. The zero-order valence-corrected chi connectivity index (χ0v) is 10.7. The minimum absolute atomic E-state index is 0.216. The predicted molar refractivity (Wildman–Crippen MR) is 66.7 cm³/mol. The Balaban J connectivity index is 2.39. The van der Waals surface area contributed by atoms with Crippen LogP contribution in [0.25, 0.3) is 0 Å². The van der Waals surface area contributed by atoms with Crippen LogP contribution >= 0.6 is 11.3 Å². The van der Waals surface area contributed by atoms with E-state index in [2.05, 4.69) is 26.1 Å². The molecular weight excluding hydrogens is 224 g/mol. The minimum atomic E-state index is -0.342. The number of rotatable bonds is 6. The molecular formula is C11H18N2O2S. The van der Waals surface area contributed by atoms with Gasteiger partial charge in [-0.15, -0.1) is 0 Å². The SMILES string of the molecule is CC(C)CC(C)NCc1csc([N+](=O)[O-])c1. The summed E-state index contributed by atoms with van der Waals surface area (Å²) in [6, 6.07) is 2.08. The molecule has 0 fully saturated rings. The Morgan fingerprint density at radius 1 is 1.50 bits per heavy atom. The van der Waals surface area contributed by atoms with Gasteiger partial charge in [0.1, 0.15) is 0 Å². The summed E-state index contributed by atoms with van der Waals surface area (Å²) in [6.07, 6.45) is 1.12. The standard InChI is InChI=1S/C11H18N2O2S/c1-8(2)4-9(3)12-6-10-5-11(13(14)15)16-7-10/h5,7-9,12H,4,6H2,1-3H3. The first-order valence-corrected chi connectivity index (χ1v) is 6.32.